The lowest BCUT2D eigenvalue weighted by Gasteiger charge is -2.21. The Labute approximate surface area is 105 Å². The Morgan fingerprint density at radius 3 is 2.75 bits per heavy atom. The highest BCUT2D eigenvalue weighted by Crippen LogP contribution is 2.30. The highest BCUT2D eigenvalue weighted by molar-refractivity contribution is 6.35. The summed E-state index contributed by atoms with van der Waals surface area (Å²) in [5.41, 5.74) is 6.95. The molecule has 0 saturated carbocycles. The first kappa shape index (κ1) is 11.8. The molecule has 1 aromatic rings. The molecule has 0 radical (unpaired) electrons. The first-order valence-corrected chi connectivity index (χ1v) is 5.97. The van der Waals surface area contributed by atoms with E-state index in [1.54, 1.807) is 12.1 Å². The number of hydrogen-bond donors (Lipinski definition) is 1. The zero-order valence-electron chi connectivity index (χ0n) is 8.75. The van der Waals surface area contributed by atoms with Gasteiger partial charge >= 0.3 is 0 Å². The van der Waals surface area contributed by atoms with E-state index in [0.717, 1.165) is 30.8 Å². The Balaban J connectivity index is 2.26. The monoisotopic (exact) mass is 257 g/mol. The summed E-state index contributed by atoms with van der Waals surface area (Å²) in [7, 11) is 0. The van der Waals surface area contributed by atoms with Crippen LogP contribution in [0.15, 0.2) is 30.0 Å². The van der Waals surface area contributed by atoms with Crippen LogP contribution in [-0.2, 0) is 4.74 Å². The molecule has 16 heavy (non-hydrogen) atoms. The van der Waals surface area contributed by atoms with Gasteiger partial charge in [0.15, 0.2) is 0 Å². The van der Waals surface area contributed by atoms with Crippen LogP contribution >= 0.6 is 23.2 Å². The second kappa shape index (κ2) is 5.09. The van der Waals surface area contributed by atoms with Crippen LogP contribution in [0.3, 0.4) is 0 Å². The number of nitrogens with two attached hydrogens (primary N) is 1. The molecule has 2 N–H and O–H groups in total. The molecule has 1 heterocycles. The summed E-state index contributed by atoms with van der Waals surface area (Å²) in [5, 5.41) is 1.19. The smallest absolute Gasteiger partial charge is 0.113 e. The molecule has 0 spiro atoms. The van der Waals surface area contributed by atoms with Crippen molar-refractivity contribution in [1.82, 2.24) is 0 Å². The summed E-state index contributed by atoms with van der Waals surface area (Å²) in [6.45, 7) is 0.727. The van der Waals surface area contributed by atoms with Crippen molar-refractivity contribution in [2.75, 3.05) is 6.61 Å². The third kappa shape index (κ3) is 2.51. The van der Waals surface area contributed by atoms with Crippen LogP contribution in [0.4, 0.5) is 0 Å². The Hall–Kier alpha value is -0.700. The average molecular weight is 258 g/mol. The zero-order valence-corrected chi connectivity index (χ0v) is 10.3. The average Bonchev–Trinajstić information content (AvgIpc) is 2.29. The molecule has 0 fully saturated rings. The maximum Gasteiger partial charge on any atom is 0.113 e. The van der Waals surface area contributed by atoms with Gasteiger partial charge in [0.25, 0.3) is 0 Å². The Morgan fingerprint density at radius 1 is 1.31 bits per heavy atom. The summed E-state index contributed by atoms with van der Waals surface area (Å²) >= 11 is 11.9. The fourth-order valence-corrected chi connectivity index (χ4v) is 2.23. The predicted octanol–water partition coefficient (Wildman–Crippen LogP) is 3.69. The molecular formula is C12H13Cl2NO. The minimum atomic E-state index is -0.301. The molecule has 1 unspecified atom stereocenters. The largest absolute Gasteiger partial charge is 0.496 e. The number of allylic oxidation sites excluding steroid dienone is 1. The van der Waals surface area contributed by atoms with E-state index in [1.165, 1.54) is 0 Å². The highest BCUT2D eigenvalue weighted by Gasteiger charge is 2.18. The molecular weight excluding hydrogens is 245 g/mol. The first-order valence-electron chi connectivity index (χ1n) is 5.22. The van der Waals surface area contributed by atoms with Gasteiger partial charge in [0.1, 0.15) is 5.76 Å². The van der Waals surface area contributed by atoms with Gasteiger partial charge in [-0.25, -0.2) is 0 Å². The van der Waals surface area contributed by atoms with Crippen molar-refractivity contribution in [1.29, 1.82) is 0 Å². The van der Waals surface area contributed by atoms with Crippen molar-refractivity contribution in [2.24, 2.45) is 5.73 Å². The quantitative estimate of drug-likeness (QED) is 0.878. The third-order valence-corrected chi connectivity index (χ3v) is 3.13. The van der Waals surface area contributed by atoms with Gasteiger partial charge < -0.3 is 10.5 Å². The number of benzene rings is 1. The lowest BCUT2D eigenvalue weighted by molar-refractivity contribution is 0.176. The molecule has 86 valence electrons. The van der Waals surface area contributed by atoms with E-state index in [1.807, 2.05) is 12.1 Å². The topological polar surface area (TPSA) is 35.2 Å². The second-order valence-electron chi connectivity index (χ2n) is 3.74. The van der Waals surface area contributed by atoms with Crippen molar-refractivity contribution in [3.05, 3.63) is 45.6 Å². The van der Waals surface area contributed by atoms with E-state index in [0.29, 0.717) is 10.0 Å². The normalized spacial score (nSPS) is 17.6. The molecule has 1 aromatic carbocycles. The molecule has 0 aromatic heterocycles. The molecule has 2 rings (SSSR count). The second-order valence-corrected chi connectivity index (χ2v) is 4.58. The van der Waals surface area contributed by atoms with Crippen molar-refractivity contribution in [2.45, 2.75) is 18.9 Å². The molecule has 1 aliphatic heterocycles. The molecule has 0 saturated heterocycles. The molecule has 4 heteroatoms. The number of hydrogen-bond acceptors (Lipinski definition) is 2. The zero-order chi connectivity index (χ0) is 11.5. The van der Waals surface area contributed by atoms with Gasteiger partial charge in [0, 0.05) is 10.0 Å². The van der Waals surface area contributed by atoms with Gasteiger partial charge in [-0.1, -0.05) is 29.3 Å². The summed E-state index contributed by atoms with van der Waals surface area (Å²) in [6.07, 6.45) is 4.08. The fourth-order valence-electron chi connectivity index (χ4n) is 1.70. The van der Waals surface area contributed by atoms with Crippen LogP contribution in [0.5, 0.6) is 0 Å². The number of halogens is 2. The van der Waals surface area contributed by atoms with Crippen LogP contribution < -0.4 is 5.73 Å². The summed E-state index contributed by atoms with van der Waals surface area (Å²) in [4.78, 5) is 0. The van der Waals surface area contributed by atoms with Gasteiger partial charge in [0.05, 0.1) is 12.6 Å². The minimum Gasteiger partial charge on any atom is -0.496 e. The van der Waals surface area contributed by atoms with Crippen LogP contribution in [0.2, 0.25) is 10.0 Å². The molecule has 0 aliphatic carbocycles. The summed E-state index contributed by atoms with van der Waals surface area (Å²) in [6, 6.07) is 5.02. The van der Waals surface area contributed by atoms with Crippen LogP contribution in [-0.4, -0.2) is 6.61 Å². The van der Waals surface area contributed by atoms with E-state index < -0.39 is 0 Å². The number of rotatable bonds is 2. The Kier molecular flexibility index (Phi) is 3.74. The lowest BCUT2D eigenvalue weighted by atomic mass is 10.0. The SMILES string of the molecule is NC(C1=CCCCO1)c1ccc(Cl)cc1Cl. The maximum absolute atomic E-state index is 6.10. The van der Waals surface area contributed by atoms with E-state index in [9.17, 15) is 0 Å². The number of ether oxygens (including phenoxy) is 1. The van der Waals surface area contributed by atoms with Crippen molar-refractivity contribution in [3.8, 4) is 0 Å². The van der Waals surface area contributed by atoms with Crippen molar-refractivity contribution < 1.29 is 4.74 Å². The van der Waals surface area contributed by atoms with Crippen molar-refractivity contribution in [3.63, 3.8) is 0 Å². The Morgan fingerprint density at radius 2 is 2.12 bits per heavy atom. The maximum atomic E-state index is 6.10. The van der Waals surface area contributed by atoms with Gasteiger partial charge in [-0.15, -0.1) is 0 Å². The van der Waals surface area contributed by atoms with E-state index in [2.05, 4.69) is 0 Å². The van der Waals surface area contributed by atoms with E-state index in [4.69, 9.17) is 33.7 Å². The van der Waals surface area contributed by atoms with E-state index in [-0.39, 0.29) is 6.04 Å². The highest BCUT2D eigenvalue weighted by atomic mass is 35.5. The van der Waals surface area contributed by atoms with Crippen LogP contribution in [0.25, 0.3) is 0 Å². The molecule has 1 atom stereocenters. The van der Waals surface area contributed by atoms with Gasteiger partial charge in [-0.05, 0) is 36.6 Å². The Bertz CT molecular complexity index is 417. The third-order valence-electron chi connectivity index (χ3n) is 2.57. The standard InChI is InChI=1S/C12H13Cl2NO/c13-8-4-5-9(10(14)7-8)12(15)11-3-1-2-6-16-11/h3-5,7,12H,1-2,6,15H2. The van der Waals surface area contributed by atoms with Crippen molar-refractivity contribution >= 4 is 23.2 Å². The predicted molar refractivity (Wildman–Crippen MR) is 66.7 cm³/mol. The fraction of sp³-hybridized carbons (Fsp3) is 0.333. The van der Waals surface area contributed by atoms with Gasteiger partial charge in [0.2, 0.25) is 0 Å². The van der Waals surface area contributed by atoms with Gasteiger partial charge in [-0.3, -0.25) is 0 Å². The molecule has 0 bridgehead atoms. The lowest BCUT2D eigenvalue weighted by Crippen LogP contribution is -2.18. The first-order chi connectivity index (χ1) is 7.68. The summed E-state index contributed by atoms with van der Waals surface area (Å²) < 4.78 is 5.52. The van der Waals surface area contributed by atoms with Crippen LogP contribution in [0.1, 0.15) is 24.4 Å². The van der Waals surface area contributed by atoms with Crippen LogP contribution in [0, 0.1) is 0 Å². The summed E-state index contributed by atoms with van der Waals surface area (Å²) in [5.74, 6) is 0.801. The molecule has 1 aliphatic rings. The molecule has 2 nitrogen and oxygen atoms in total. The van der Waals surface area contributed by atoms with E-state index >= 15 is 0 Å². The minimum absolute atomic E-state index is 0.301. The van der Waals surface area contributed by atoms with Gasteiger partial charge in [-0.2, -0.15) is 0 Å². The molecule has 0 amide bonds.